The second-order valence-corrected chi connectivity index (χ2v) is 9.30. The lowest BCUT2D eigenvalue weighted by molar-refractivity contribution is 0.0932. The molecule has 1 amide bonds. The summed E-state index contributed by atoms with van der Waals surface area (Å²) >= 11 is 7.76. The first-order valence-electron chi connectivity index (χ1n) is 11.0. The molecule has 2 aromatic carbocycles. The number of hydrogen-bond donors (Lipinski definition) is 1. The summed E-state index contributed by atoms with van der Waals surface area (Å²) in [5.74, 6) is 0.165. The van der Waals surface area contributed by atoms with Gasteiger partial charge in [-0.1, -0.05) is 65.0 Å². The van der Waals surface area contributed by atoms with Crippen LogP contribution in [-0.2, 0) is 12.2 Å². The number of rotatable bonds is 9. The summed E-state index contributed by atoms with van der Waals surface area (Å²) < 4.78 is 1.66. The number of hydrogen-bond acceptors (Lipinski definition) is 6. The molecule has 0 saturated carbocycles. The van der Waals surface area contributed by atoms with E-state index in [1.165, 1.54) is 17.3 Å². The van der Waals surface area contributed by atoms with Crippen LogP contribution in [0.25, 0.3) is 5.69 Å². The number of halogens is 1. The van der Waals surface area contributed by atoms with Crippen molar-refractivity contribution in [3.63, 3.8) is 0 Å². The average molecular weight is 493 g/mol. The summed E-state index contributed by atoms with van der Waals surface area (Å²) in [5, 5.41) is 12.8. The smallest absolute Gasteiger partial charge is 0.274 e. The van der Waals surface area contributed by atoms with Crippen molar-refractivity contribution in [3.05, 3.63) is 94.5 Å². The number of nitrogens with zero attached hydrogens (tertiary/aromatic N) is 5. The molecule has 1 atom stereocenters. The molecular formula is C25H25ClN6OS. The molecule has 174 valence electrons. The second kappa shape index (κ2) is 11.3. The first kappa shape index (κ1) is 23.9. The van der Waals surface area contributed by atoms with Crippen molar-refractivity contribution < 1.29 is 4.79 Å². The van der Waals surface area contributed by atoms with E-state index in [1.807, 2.05) is 50.2 Å². The quantitative estimate of drug-likeness (QED) is 0.259. The standard InChI is InChI=1S/C25H25ClN6OS/c1-17-9-12-20(15-21(17)26)32-22(16-34-25-27-13-6-14-28-25)23(30-31-32)24(33)29-18(2)10-11-19-7-4-3-5-8-19/h3-9,12-15,18H,10-11,16H2,1-2H3,(H,29,33). The van der Waals surface area contributed by atoms with Crippen LogP contribution in [-0.4, -0.2) is 36.9 Å². The number of thioether (sulfide) groups is 1. The molecule has 4 rings (SSSR count). The Morgan fingerprint density at radius 1 is 1.12 bits per heavy atom. The molecule has 7 nitrogen and oxygen atoms in total. The van der Waals surface area contributed by atoms with Gasteiger partial charge >= 0.3 is 0 Å². The summed E-state index contributed by atoms with van der Waals surface area (Å²) in [6.45, 7) is 3.93. The van der Waals surface area contributed by atoms with Crippen molar-refractivity contribution in [1.82, 2.24) is 30.3 Å². The van der Waals surface area contributed by atoms with Crippen LogP contribution in [0.15, 0.2) is 72.1 Å². The van der Waals surface area contributed by atoms with Gasteiger partial charge in [0.05, 0.1) is 11.4 Å². The van der Waals surface area contributed by atoms with Crippen LogP contribution in [0.2, 0.25) is 5.02 Å². The molecule has 0 aliphatic carbocycles. The Hall–Kier alpha value is -3.23. The molecule has 0 aliphatic heterocycles. The van der Waals surface area contributed by atoms with Gasteiger partial charge in [0.1, 0.15) is 0 Å². The average Bonchev–Trinajstić information content (AvgIpc) is 3.28. The molecule has 0 radical (unpaired) electrons. The maximum Gasteiger partial charge on any atom is 0.274 e. The molecule has 0 fully saturated rings. The van der Waals surface area contributed by atoms with Crippen molar-refractivity contribution in [2.45, 2.75) is 43.6 Å². The van der Waals surface area contributed by atoms with Crippen LogP contribution in [0, 0.1) is 6.92 Å². The molecule has 0 spiro atoms. The minimum absolute atomic E-state index is 0.0235. The van der Waals surface area contributed by atoms with Crippen LogP contribution in [0.1, 0.15) is 40.7 Å². The second-order valence-electron chi connectivity index (χ2n) is 7.95. The third-order valence-electron chi connectivity index (χ3n) is 5.34. The molecule has 9 heteroatoms. The number of aryl methyl sites for hydroxylation is 2. The van der Waals surface area contributed by atoms with Crippen molar-refractivity contribution in [3.8, 4) is 5.69 Å². The summed E-state index contributed by atoms with van der Waals surface area (Å²) in [6, 6.07) is 17.6. The third-order valence-corrected chi connectivity index (χ3v) is 6.64. The molecule has 1 unspecified atom stereocenters. The van der Waals surface area contributed by atoms with E-state index < -0.39 is 0 Å². The summed E-state index contributed by atoms with van der Waals surface area (Å²) in [5.41, 5.74) is 3.88. The number of amides is 1. The lowest BCUT2D eigenvalue weighted by Crippen LogP contribution is -2.33. The highest BCUT2D eigenvalue weighted by atomic mass is 35.5. The van der Waals surface area contributed by atoms with Gasteiger partial charge in [0.15, 0.2) is 10.9 Å². The Balaban J connectivity index is 1.54. The fourth-order valence-corrected chi connectivity index (χ4v) is 4.38. The zero-order chi connectivity index (χ0) is 23.9. The first-order chi connectivity index (χ1) is 16.5. The number of carbonyl (C=O) groups is 1. The van der Waals surface area contributed by atoms with E-state index in [-0.39, 0.29) is 17.6 Å². The Morgan fingerprint density at radius 3 is 2.62 bits per heavy atom. The fraction of sp³-hybridized carbons (Fsp3) is 0.240. The first-order valence-corrected chi connectivity index (χ1v) is 12.3. The highest BCUT2D eigenvalue weighted by Crippen LogP contribution is 2.25. The van der Waals surface area contributed by atoms with Crippen molar-refractivity contribution >= 4 is 29.3 Å². The number of aromatic nitrogens is 5. The van der Waals surface area contributed by atoms with Gasteiger partial charge in [-0.25, -0.2) is 14.6 Å². The van der Waals surface area contributed by atoms with E-state index in [0.717, 1.165) is 24.1 Å². The molecule has 2 heterocycles. The fourth-order valence-electron chi connectivity index (χ4n) is 3.41. The Kier molecular flexibility index (Phi) is 7.92. The number of nitrogens with one attached hydrogen (secondary N) is 1. The highest BCUT2D eigenvalue weighted by molar-refractivity contribution is 7.98. The van der Waals surface area contributed by atoms with Crippen LogP contribution >= 0.6 is 23.4 Å². The number of benzene rings is 2. The monoisotopic (exact) mass is 492 g/mol. The third kappa shape index (κ3) is 6.01. The maximum absolute atomic E-state index is 13.2. The molecule has 34 heavy (non-hydrogen) atoms. The SMILES string of the molecule is Cc1ccc(-n2nnc(C(=O)NC(C)CCc3ccccc3)c2CSc2ncccn2)cc1Cl. The molecule has 0 bridgehead atoms. The van der Waals surface area contributed by atoms with Gasteiger partial charge in [-0.2, -0.15) is 0 Å². The highest BCUT2D eigenvalue weighted by Gasteiger charge is 2.22. The minimum atomic E-state index is -0.255. The largest absolute Gasteiger partial charge is 0.348 e. The van der Waals surface area contributed by atoms with Crippen molar-refractivity contribution in [2.24, 2.45) is 0 Å². The van der Waals surface area contributed by atoms with Crippen molar-refractivity contribution in [1.29, 1.82) is 0 Å². The Morgan fingerprint density at radius 2 is 1.88 bits per heavy atom. The van der Waals surface area contributed by atoms with Crippen LogP contribution in [0.5, 0.6) is 0 Å². The van der Waals surface area contributed by atoms with Gasteiger partial charge in [0.25, 0.3) is 5.91 Å². The summed E-state index contributed by atoms with van der Waals surface area (Å²) in [7, 11) is 0. The Labute approximate surface area is 208 Å². The zero-order valence-electron chi connectivity index (χ0n) is 19.0. The Bertz CT molecular complexity index is 1250. The van der Waals surface area contributed by atoms with Gasteiger partial charge in [-0.05, 0) is 56.0 Å². The molecule has 0 saturated heterocycles. The van der Waals surface area contributed by atoms with Gasteiger partial charge in [0, 0.05) is 29.2 Å². The van der Waals surface area contributed by atoms with Crippen molar-refractivity contribution in [2.75, 3.05) is 0 Å². The molecule has 0 aliphatic rings. The lowest BCUT2D eigenvalue weighted by atomic mass is 10.1. The topological polar surface area (TPSA) is 85.6 Å². The van der Waals surface area contributed by atoms with Crippen LogP contribution < -0.4 is 5.32 Å². The van der Waals surface area contributed by atoms with E-state index in [0.29, 0.717) is 21.6 Å². The van der Waals surface area contributed by atoms with E-state index in [1.54, 1.807) is 23.1 Å². The van der Waals surface area contributed by atoms with E-state index >= 15 is 0 Å². The van der Waals surface area contributed by atoms with Gasteiger partial charge < -0.3 is 5.32 Å². The lowest BCUT2D eigenvalue weighted by Gasteiger charge is -2.14. The molecular weight excluding hydrogens is 468 g/mol. The van der Waals surface area contributed by atoms with Gasteiger partial charge in [-0.15, -0.1) is 5.10 Å². The zero-order valence-corrected chi connectivity index (χ0v) is 20.6. The molecule has 1 N–H and O–H groups in total. The predicted octanol–water partition coefficient (Wildman–Crippen LogP) is 5.06. The van der Waals surface area contributed by atoms with Gasteiger partial charge in [0.2, 0.25) is 0 Å². The van der Waals surface area contributed by atoms with E-state index in [9.17, 15) is 4.79 Å². The van der Waals surface area contributed by atoms with Crippen LogP contribution in [0.4, 0.5) is 0 Å². The van der Waals surface area contributed by atoms with Crippen LogP contribution in [0.3, 0.4) is 0 Å². The maximum atomic E-state index is 13.2. The summed E-state index contributed by atoms with van der Waals surface area (Å²) in [6.07, 6.45) is 5.07. The predicted molar refractivity (Wildman–Crippen MR) is 134 cm³/mol. The molecule has 2 aromatic heterocycles. The van der Waals surface area contributed by atoms with E-state index in [2.05, 4.69) is 37.7 Å². The summed E-state index contributed by atoms with van der Waals surface area (Å²) in [4.78, 5) is 21.7. The van der Waals surface area contributed by atoms with E-state index in [4.69, 9.17) is 11.6 Å². The normalized spacial score (nSPS) is 11.9. The van der Waals surface area contributed by atoms with Gasteiger partial charge in [-0.3, -0.25) is 4.79 Å². The number of carbonyl (C=O) groups excluding carboxylic acids is 1. The minimum Gasteiger partial charge on any atom is -0.348 e. The molecule has 4 aromatic rings.